The average Bonchev–Trinajstić information content (AvgIpc) is 3.65. The smallest absolute Gasteiger partial charge is 0.225 e. The van der Waals surface area contributed by atoms with Gasteiger partial charge in [-0.2, -0.15) is 10.2 Å². The highest BCUT2D eigenvalue weighted by molar-refractivity contribution is 5.77. The highest BCUT2D eigenvalue weighted by Crippen LogP contribution is 2.29. The van der Waals surface area contributed by atoms with E-state index in [1.54, 1.807) is 41.7 Å². The molecule has 2 unspecified atom stereocenters. The van der Waals surface area contributed by atoms with Crippen molar-refractivity contribution in [3.8, 4) is 11.1 Å². The molecule has 1 aromatic carbocycles. The zero-order valence-corrected chi connectivity index (χ0v) is 22.4. The van der Waals surface area contributed by atoms with Crippen molar-refractivity contribution in [2.75, 3.05) is 42.6 Å². The van der Waals surface area contributed by atoms with Crippen molar-refractivity contribution >= 4 is 17.3 Å². The van der Waals surface area contributed by atoms with Crippen LogP contribution >= 0.6 is 0 Å². The Kier molecular flexibility index (Phi) is 6.64. The molecule has 6 rings (SSSR count). The molecule has 0 saturated carbocycles. The molecule has 1 saturated heterocycles. The lowest BCUT2D eigenvalue weighted by molar-refractivity contribution is 0.230. The van der Waals surface area contributed by atoms with E-state index in [0.717, 1.165) is 59.8 Å². The monoisotopic (exact) mass is 542 g/mol. The van der Waals surface area contributed by atoms with Gasteiger partial charge in [0.15, 0.2) is 5.82 Å². The molecular formula is C28H31FN10O. The minimum atomic E-state index is -0.838. The van der Waals surface area contributed by atoms with Gasteiger partial charge in [0.1, 0.15) is 17.7 Å². The third-order valence-corrected chi connectivity index (χ3v) is 7.58. The van der Waals surface area contributed by atoms with E-state index >= 15 is 0 Å². The summed E-state index contributed by atoms with van der Waals surface area (Å²) in [4.78, 5) is 18.2. The largest absolute Gasteiger partial charge is 0.394 e. The van der Waals surface area contributed by atoms with E-state index in [9.17, 15) is 9.50 Å². The second-order valence-electron chi connectivity index (χ2n) is 10.3. The molecule has 3 N–H and O–H groups in total. The lowest BCUT2D eigenvalue weighted by Gasteiger charge is -2.35. The zero-order chi connectivity index (χ0) is 27.9. The highest BCUT2D eigenvalue weighted by atomic mass is 19.1. The molecule has 0 aliphatic carbocycles. The van der Waals surface area contributed by atoms with Crippen LogP contribution in [-0.4, -0.2) is 72.2 Å². The van der Waals surface area contributed by atoms with Crippen LogP contribution in [0, 0.1) is 5.82 Å². The Balaban J connectivity index is 1.16. The molecular weight excluding hydrogens is 511 g/mol. The number of rotatable bonds is 7. The Bertz CT molecular complexity index is 1600. The van der Waals surface area contributed by atoms with Crippen LogP contribution in [-0.2, 0) is 5.54 Å². The van der Waals surface area contributed by atoms with E-state index in [1.165, 1.54) is 12.1 Å². The van der Waals surface area contributed by atoms with Crippen LogP contribution in [0.4, 0.5) is 16.2 Å². The summed E-state index contributed by atoms with van der Waals surface area (Å²) < 4.78 is 17.0. The Morgan fingerprint density at radius 1 is 0.925 bits per heavy atom. The molecule has 0 radical (unpaired) electrons. The van der Waals surface area contributed by atoms with Gasteiger partial charge >= 0.3 is 0 Å². The van der Waals surface area contributed by atoms with Crippen molar-refractivity contribution in [2.45, 2.75) is 25.4 Å². The van der Waals surface area contributed by atoms with Crippen LogP contribution in [0.25, 0.3) is 16.6 Å². The van der Waals surface area contributed by atoms with Crippen molar-refractivity contribution < 1.29 is 9.50 Å². The second-order valence-corrected chi connectivity index (χ2v) is 10.3. The number of halogens is 1. The van der Waals surface area contributed by atoms with E-state index < -0.39 is 5.54 Å². The lowest BCUT2D eigenvalue weighted by atomic mass is 9.87. The predicted octanol–water partition coefficient (Wildman–Crippen LogP) is 2.62. The van der Waals surface area contributed by atoms with Crippen LogP contribution in [0.15, 0.2) is 67.6 Å². The van der Waals surface area contributed by atoms with Gasteiger partial charge in [0.25, 0.3) is 0 Å². The Morgan fingerprint density at radius 2 is 1.62 bits per heavy atom. The number of piperazine rings is 1. The lowest BCUT2D eigenvalue weighted by Crippen LogP contribution is -2.47. The first kappa shape index (κ1) is 25.8. The number of aliphatic hydroxyl groups is 1. The van der Waals surface area contributed by atoms with Gasteiger partial charge in [-0.3, -0.25) is 4.68 Å². The fourth-order valence-electron chi connectivity index (χ4n) is 4.96. The van der Waals surface area contributed by atoms with Crippen molar-refractivity contribution in [3.05, 3.63) is 84.6 Å². The number of benzene rings is 1. The molecule has 12 heteroatoms. The summed E-state index contributed by atoms with van der Waals surface area (Å²) >= 11 is 0. The molecule has 2 atom stereocenters. The van der Waals surface area contributed by atoms with Gasteiger partial charge in [0.2, 0.25) is 5.95 Å². The van der Waals surface area contributed by atoms with E-state index in [4.69, 9.17) is 5.73 Å². The molecule has 1 fully saturated rings. The number of hydrogen-bond acceptors (Lipinski definition) is 9. The standard InChI is InChI=1S/C28H31FN10O/c1-19(17-40)38-16-21(12-34-38)20-11-25-26(33-18-35-39(25)15-20)36-7-9-37(10-8-36)27-31-13-23(14-32-27)28(2,30)22-3-5-24(29)6-4-22/h3-6,11-16,18-19,40H,7-10,17,30H2,1-2H3. The molecule has 4 aromatic heterocycles. The van der Waals surface area contributed by atoms with Crippen LogP contribution < -0.4 is 15.5 Å². The summed E-state index contributed by atoms with van der Waals surface area (Å²) in [5, 5.41) is 18.2. The number of nitrogens with two attached hydrogens (primary N) is 1. The number of fused-ring (bicyclic) bond motifs is 1. The van der Waals surface area contributed by atoms with Crippen LogP contribution in [0.2, 0.25) is 0 Å². The predicted molar refractivity (Wildman–Crippen MR) is 150 cm³/mol. The summed E-state index contributed by atoms with van der Waals surface area (Å²) in [6.45, 7) is 6.76. The third kappa shape index (κ3) is 4.75. The highest BCUT2D eigenvalue weighted by Gasteiger charge is 2.26. The van der Waals surface area contributed by atoms with Crippen LogP contribution in [0.5, 0.6) is 0 Å². The Hall–Kier alpha value is -4.42. The van der Waals surface area contributed by atoms with Gasteiger partial charge < -0.3 is 20.6 Å². The van der Waals surface area contributed by atoms with Gasteiger partial charge in [0, 0.05) is 67.7 Å². The fraction of sp³-hybridized carbons (Fsp3) is 0.321. The second kappa shape index (κ2) is 10.3. The minimum absolute atomic E-state index is 0.0258. The molecule has 11 nitrogen and oxygen atoms in total. The van der Waals surface area contributed by atoms with Crippen LogP contribution in [0.1, 0.15) is 31.0 Å². The third-order valence-electron chi connectivity index (χ3n) is 7.58. The topological polar surface area (TPSA) is 127 Å². The van der Waals surface area contributed by atoms with Crippen molar-refractivity contribution in [3.63, 3.8) is 0 Å². The maximum Gasteiger partial charge on any atom is 0.225 e. The maximum atomic E-state index is 13.4. The van der Waals surface area contributed by atoms with Gasteiger partial charge in [-0.1, -0.05) is 12.1 Å². The zero-order valence-electron chi connectivity index (χ0n) is 22.4. The number of hydrogen-bond donors (Lipinski definition) is 2. The number of nitrogens with zero attached hydrogens (tertiary/aromatic N) is 9. The average molecular weight is 543 g/mol. The van der Waals surface area contributed by atoms with Gasteiger partial charge in [0.05, 0.1) is 24.4 Å². The van der Waals surface area contributed by atoms with E-state index in [2.05, 4.69) is 41.0 Å². The summed E-state index contributed by atoms with van der Waals surface area (Å²) in [5.41, 5.74) is 10.1. The first-order valence-corrected chi connectivity index (χ1v) is 13.2. The summed E-state index contributed by atoms with van der Waals surface area (Å²) in [6, 6.07) is 8.16. The normalized spacial score (nSPS) is 16.3. The van der Waals surface area contributed by atoms with E-state index in [0.29, 0.717) is 5.95 Å². The summed E-state index contributed by atoms with van der Waals surface area (Å²) in [5.74, 6) is 1.21. The van der Waals surface area contributed by atoms with Gasteiger partial charge in [-0.15, -0.1) is 0 Å². The van der Waals surface area contributed by atoms with Gasteiger partial charge in [-0.05, 0) is 37.6 Å². The fourth-order valence-corrected chi connectivity index (χ4v) is 4.96. The maximum absolute atomic E-state index is 13.4. The summed E-state index contributed by atoms with van der Waals surface area (Å²) in [7, 11) is 0. The molecule has 1 aliphatic heterocycles. The Morgan fingerprint density at radius 3 is 2.33 bits per heavy atom. The molecule has 5 heterocycles. The molecule has 1 aliphatic rings. The van der Waals surface area contributed by atoms with Crippen molar-refractivity contribution in [1.29, 1.82) is 0 Å². The first-order valence-electron chi connectivity index (χ1n) is 13.2. The SMILES string of the molecule is CC(CO)n1cc(-c2cc3c(N4CCN(c5ncc(C(C)(N)c6ccc(F)cc6)cn5)CC4)ncnn3c2)cn1. The minimum Gasteiger partial charge on any atom is -0.394 e. The first-order chi connectivity index (χ1) is 19.3. The molecule has 0 spiro atoms. The molecule has 40 heavy (non-hydrogen) atoms. The Labute approximate surface area is 230 Å². The van der Waals surface area contributed by atoms with Crippen molar-refractivity contribution in [2.24, 2.45) is 5.73 Å². The summed E-state index contributed by atoms with van der Waals surface area (Å²) in [6.07, 6.45) is 10.8. The molecule has 206 valence electrons. The number of aliphatic hydroxyl groups excluding tert-OH is 1. The molecule has 0 amide bonds. The molecule has 5 aromatic rings. The number of aromatic nitrogens is 7. The van der Waals surface area contributed by atoms with Crippen molar-refractivity contribution in [1.82, 2.24) is 34.3 Å². The molecule has 0 bridgehead atoms. The van der Waals surface area contributed by atoms with E-state index in [-0.39, 0.29) is 18.5 Å². The van der Waals surface area contributed by atoms with E-state index in [1.807, 2.05) is 30.8 Å². The number of anilines is 2. The van der Waals surface area contributed by atoms with Gasteiger partial charge in [-0.25, -0.2) is 23.9 Å². The van der Waals surface area contributed by atoms with Crippen LogP contribution in [0.3, 0.4) is 0 Å². The quantitative estimate of drug-likeness (QED) is 0.319.